The molecule has 0 amide bonds. The summed E-state index contributed by atoms with van der Waals surface area (Å²) in [6, 6.07) is 8.46. The summed E-state index contributed by atoms with van der Waals surface area (Å²) < 4.78 is 12.3. The molecule has 0 aliphatic carbocycles. The lowest BCUT2D eigenvalue weighted by Crippen LogP contribution is -2.15. The molecule has 1 unspecified atom stereocenters. The molecule has 4 heterocycles. The Morgan fingerprint density at radius 3 is 2.07 bits per heavy atom. The summed E-state index contributed by atoms with van der Waals surface area (Å²) in [4.78, 5) is 14.8. The fraction of sp³-hybridized carbons (Fsp3) is 0.100. The number of aromatic nitrogens is 4. The molecule has 6 rings (SSSR count). The summed E-state index contributed by atoms with van der Waals surface area (Å²) in [5.41, 5.74) is 9.40. The average Bonchev–Trinajstić information content (AvgIpc) is 3.37. The number of rotatable bonds is 2. The Morgan fingerprint density at radius 1 is 0.852 bits per heavy atom. The number of ether oxygens (including phenoxy) is 2. The second-order valence-corrected chi connectivity index (χ2v) is 7.29. The van der Waals surface area contributed by atoms with Gasteiger partial charge in [-0.25, -0.2) is 9.97 Å². The van der Waals surface area contributed by atoms with Crippen molar-refractivity contribution in [2.45, 2.75) is 13.2 Å². The number of nitrogens with zero attached hydrogens (tertiary/aromatic N) is 2. The van der Waals surface area contributed by atoms with Crippen LogP contribution in [0.25, 0.3) is 33.6 Å². The molecule has 0 radical (unpaired) electrons. The van der Waals surface area contributed by atoms with E-state index >= 15 is 0 Å². The Labute approximate surface area is 157 Å². The van der Waals surface area contributed by atoms with Crippen molar-refractivity contribution in [2.24, 2.45) is 0 Å². The predicted molar refractivity (Wildman–Crippen MR) is 105 cm³/mol. The number of hydrogen-bond donors (Lipinski definition) is 2. The van der Waals surface area contributed by atoms with Crippen molar-refractivity contribution in [3.63, 3.8) is 0 Å². The van der Waals surface area contributed by atoms with Crippen molar-refractivity contribution in [1.29, 1.82) is 0 Å². The molecule has 1 atom stereocenters. The predicted octanol–water partition coefficient (Wildman–Crippen LogP) is 3.42. The monoisotopic (exact) mass is 374 g/mol. The molecule has 2 aliphatic rings. The SMILES string of the molecule is Pc1ncc(-c2cc3c4c(c2)OCc2cc(-c5cnc[nH]5)cc(c2-4)OC3)[nH]1. The summed E-state index contributed by atoms with van der Waals surface area (Å²) in [6.45, 7) is 1.03. The Kier molecular flexibility index (Phi) is 3.02. The van der Waals surface area contributed by atoms with Crippen molar-refractivity contribution in [3.05, 3.63) is 54.1 Å². The molecule has 2 aromatic carbocycles. The maximum atomic E-state index is 6.14. The van der Waals surface area contributed by atoms with E-state index in [-0.39, 0.29) is 0 Å². The third-order valence-corrected chi connectivity index (χ3v) is 5.39. The van der Waals surface area contributed by atoms with E-state index in [0.717, 1.165) is 61.8 Å². The highest BCUT2D eigenvalue weighted by atomic mass is 31.0. The number of hydrogen-bond acceptors (Lipinski definition) is 4. The number of nitrogens with one attached hydrogen (secondary N) is 2. The molecule has 2 aliphatic heterocycles. The van der Waals surface area contributed by atoms with E-state index in [4.69, 9.17) is 9.47 Å². The fourth-order valence-electron chi connectivity index (χ4n) is 3.89. The van der Waals surface area contributed by atoms with E-state index in [1.165, 1.54) is 0 Å². The van der Waals surface area contributed by atoms with Gasteiger partial charge >= 0.3 is 0 Å². The molecule has 2 aromatic heterocycles. The fourth-order valence-corrected chi connectivity index (χ4v) is 4.12. The molecule has 7 heteroatoms. The Bertz CT molecular complexity index is 1150. The Hall–Kier alpha value is -3.11. The lowest BCUT2D eigenvalue weighted by atomic mass is 9.87. The lowest BCUT2D eigenvalue weighted by molar-refractivity contribution is 0.278. The topological polar surface area (TPSA) is 75.8 Å². The zero-order valence-corrected chi connectivity index (χ0v) is 15.4. The average molecular weight is 374 g/mol. The van der Waals surface area contributed by atoms with E-state index in [1.807, 2.05) is 12.4 Å². The molecular formula is C20H15N4O2P. The minimum atomic E-state index is 0.514. The number of H-pyrrole nitrogens is 2. The van der Waals surface area contributed by atoms with Crippen molar-refractivity contribution in [2.75, 3.05) is 0 Å². The molecule has 0 saturated heterocycles. The molecular weight excluding hydrogens is 359 g/mol. The number of benzene rings is 2. The minimum Gasteiger partial charge on any atom is -0.488 e. The van der Waals surface area contributed by atoms with E-state index in [2.05, 4.69) is 53.4 Å². The van der Waals surface area contributed by atoms with Gasteiger partial charge in [0, 0.05) is 33.4 Å². The van der Waals surface area contributed by atoms with Crippen LogP contribution >= 0.6 is 9.24 Å². The van der Waals surface area contributed by atoms with Crippen LogP contribution in [0, 0.1) is 0 Å². The third-order valence-electron chi connectivity index (χ3n) is 5.10. The first-order valence-corrected chi connectivity index (χ1v) is 9.23. The molecule has 4 aromatic rings. The molecule has 132 valence electrons. The van der Waals surface area contributed by atoms with Gasteiger partial charge in [-0.15, -0.1) is 0 Å². The Morgan fingerprint density at radius 2 is 1.52 bits per heavy atom. The van der Waals surface area contributed by atoms with Gasteiger partial charge in [0.15, 0.2) is 0 Å². The maximum absolute atomic E-state index is 6.14. The van der Waals surface area contributed by atoms with Crippen LogP contribution in [0.4, 0.5) is 0 Å². The number of imidazole rings is 2. The van der Waals surface area contributed by atoms with Gasteiger partial charge in [0.05, 0.1) is 30.1 Å². The van der Waals surface area contributed by atoms with Crippen LogP contribution in [0.3, 0.4) is 0 Å². The van der Waals surface area contributed by atoms with Gasteiger partial charge in [-0.2, -0.15) is 0 Å². The molecule has 6 nitrogen and oxygen atoms in total. The third kappa shape index (κ3) is 2.23. The molecule has 2 N–H and O–H groups in total. The highest BCUT2D eigenvalue weighted by Gasteiger charge is 2.29. The van der Waals surface area contributed by atoms with E-state index in [1.54, 1.807) is 6.33 Å². The lowest BCUT2D eigenvalue weighted by Gasteiger charge is -2.30. The summed E-state index contributed by atoms with van der Waals surface area (Å²) in [6.07, 6.45) is 5.33. The van der Waals surface area contributed by atoms with Crippen molar-refractivity contribution in [3.8, 4) is 45.1 Å². The highest BCUT2D eigenvalue weighted by Crippen LogP contribution is 2.50. The van der Waals surface area contributed by atoms with Crippen LogP contribution in [-0.2, 0) is 13.2 Å². The second-order valence-electron chi connectivity index (χ2n) is 6.74. The van der Waals surface area contributed by atoms with E-state index < -0.39 is 0 Å². The van der Waals surface area contributed by atoms with Gasteiger partial charge in [-0.3, -0.25) is 0 Å². The van der Waals surface area contributed by atoms with Crippen molar-refractivity contribution < 1.29 is 9.47 Å². The normalized spacial score (nSPS) is 13.7. The molecule has 27 heavy (non-hydrogen) atoms. The van der Waals surface area contributed by atoms with Crippen LogP contribution in [0.1, 0.15) is 11.1 Å². The summed E-state index contributed by atoms with van der Waals surface area (Å²) >= 11 is 0. The van der Waals surface area contributed by atoms with Crippen LogP contribution in [-0.4, -0.2) is 19.9 Å². The Balaban J connectivity index is 1.54. The summed E-state index contributed by atoms with van der Waals surface area (Å²) in [5.74, 6) is 1.80. The van der Waals surface area contributed by atoms with Crippen LogP contribution < -0.4 is 15.0 Å². The molecule has 0 saturated carbocycles. The zero-order chi connectivity index (χ0) is 18.0. The summed E-state index contributed by atoms with van der Waals surface area (Å²) in [7, 11) is 2.58. The molecule has 0 spiro atoms. The largest absolute Gasteiger partial charge is 0.488 e. The quantitative estimate of drug-likeness (QED) is 0.527. The standard InChI is InChI=1S/C20H15N4O2P/c27-20-22-6-15(24-20)11-2-13-8-25-16-3-10(14-5-21-9-23-14)1-12-7-26-17(4-11)19(13)18(12)16/h1-6,9H,7-8,27H2,(H,21,23)(H,22,24). The maximum Gasteiger partial charge on any atom is 0.128 e. The van der Waals surface area contributed by atoms with Gasteiger partial charge in [-0.1, -0.05) is 9.24 Å². The van der Waals surface area contributed by atoms with Gasteiger partial charge in [0.1, 0.15) is 30.3 Å². The van der Waals surface area contributed by atoms with Crippen LogP contribution in [0.2, 0.25) is 0 Å². The van der Waals surface area contributed by atoms with Crippen LogP contribution in [0.5, 0.6) is 11.5 Å². The first kappa shape index (κ1) is 15.0. The smallest absolute Gasteiger partial charge is 0.128 e. The molecule has 0 fully saturated rings. The minimum absolute atomic E-state index is 0.514. The number of aromatic amines is 2. The van der Waals surface area contributed by atoms with Crippen molar-refractivity contribution in [1.82, 2.24) is 19.9 Å². The van der Waals surface area contributed by atoms with Gasteiger partial charge in [0.2, 0.25) is 0 Å². The van der Waals surface area contributed by atoms with Gasteiger partial charge in [0.25, 0.3) is 0 Å². The first-order chi connectivity index (χ1) is 13.3. The highest BCUT2D eigenvalue weighted by molar-refractivity contribution is 7.26. The van der Waals surface area contributed by atoms with Gasteiger partial charge in [-0.05, 0) is 24.3 Å². The van der Waals surface area contributed by atoms with E-state index in [9.17, 15) is 0 Å². The van der Waals surface area contributed by atoms with E-state index in [0.29, 0.717) is 13.2 Å². The van der Waals surface area contributed by atoms with Crippen LogP contribution in [0.15, 0.2) is 43.0 Å². The zero-order valence-electron chi connectivity index (χ0n) is 14.2. The van der Waals surface area contributed by atoms with Gasteiger partial charge < -0.3 is 19.4 Å². The summed E-state index contributed by atoms with van der Waals surface area (Å²) in [5, 5.41) is 0. The second kappa shape index (κ2) is 5.44. The van der Waals surface area contributed by atoms with Crippen molar-refractivity contribution >= 4 is 14.8 Å². The molecule has 0 bridgehead atoms. The first-order valence-electron chi connectivity index (χ1n) is 8.66.